The second-order valence-corrected chi connectivity index (χ2v) is 22.5. The predicted octanol–water partition coefficient (Wildman–Crippen LogP) is 11.9. The fourth-order valence-electron chi connectivity index (χ4n) is 10.3. The van der Waals surface area contributed by atoms with E-state index in [0.29, 0.717) is 6.42 Å². The number of allylic oxidation sites excluding steroid dienone is 11. The van der Waals surface area contributed by atoms with E-state index in [1.165, 1.54) is 141 Å². The topological polar surface area (TPSA) is 228 Å². The van der Waals surface area contributed by atoms with Gasteiger partial charge in [0, 0.05) is 6.42 Å². The second-order valence-electron chi connectivity index (χ2n) is 22.5. The van der Waals surface area contributed by atoms with Crippen molar-refractivity contribution in [3.63, 3.8) is 0 Å². The fourth-order valence-corrected chi connectivity index (χ4v) is 10.3. The molecular formula is C66H117NO13. The number of rotatable bonds is 51. The molecular weight excluding hydrogens is 1010 g/mol. The van der Waals surface area contributed by atoms with Crippen LogP contribution in [0.3, 0.4) is 0 Å². The van der Waals surface area contributed by atoms with Gasteiger partial charge in [0.1, 0.15) is 48.8 Å². The average Bonchev–Trinajstić information content (AvgIpc) is 3.49. The maximum Gasteiger partial charge on any atom is 0.220 e. The maximum absolute atomic E-state index is 13.3. The smallest absolute Gasteiger partial charge is 0.220 e. The van der Waals surface area contributed by atoms with Crippen molar-refractivity contribution in [3.05, 3.63) is 72.9 Å². The molecule has 0 aromatic carbocycles. The molecule has 2 aliphatic heterocycles. The Labute approximate surface area is 485 Å². The standard InChI is InChI=1S/C66H117NO13/c1-3-5-7-9-11-13-15-17-19-21-23-25-26-27-28-30-32-34-36-38-40-42-44-46-48-50-58(71)67-54(55(70)49-47-45-43-41-39-37-35-33-31-29-24-22-20-18-16-14-12-10-8-6-4-2)53-77-65-63(76)61(74)64(57(52-69)79-65)80-66-62(75)60(73)59(72)56(51-68)78-66/h5,7,11,13,17,19,23,25,27-28,47,49,54-57,59-66,68-70,72-76H,3-4,6,8-10,12,14-16,18,20-22,24,26,29-46,48,50-53H2,1-2H3,(H,67,71)/b7-5-,13-11-,19-17-,25-23-,28-27-,49-47+. The first-order chi connectivity index (χ1) is 39.1. The van der Waals surface area contributed by atoms with Crippen molar-refractivity contribution in [3.8, 4) is 0 Å². The molecule has 9 N–H and O–H groups in total. The van der Waals surface area contributed by atoms with Crippen molar-refractivity contribution in [1.29, 1.82) is 0 Å². The minimum Gasteiger partial charge on any atom is -0.394 e. The number of hydrogen-bond donors (Lipinski definition) is 9. The van der Waals surface area contributed by atoms with E-state index in [1.54, 1.807) is 6.08 Å². The molecule has 0 aliphatic carbocycles. The van der Waals surface area contributed by atoms with Crippen LogP contribution >= 0.6 is 0 Å². The number of hydrogen-bond acceptors (Lipinski definition) is 13. The van der Waals surface area contributed by atoms with E-state index in [-0.39, 0.29) is 18.9 Å². The number of aliphatic hydroxyl groups is 8. The molecule has 12 unspecified atom stereocenters. The molecule has 14 nitrogen and oxygen atoms in total. The van der Waals surface area contributed by atoms with Crippen LogP contribution in [0.15, 0.2) is 72.9 Å². The summed E-state index contributed by atoms with van der Waals surface area (Å²) < 4.78 is 22.8. The highest BCUT2D eigenvalue weighted by Gasteiger charge is 2.51. The van der Waals surface area contributed by atoms with Gasteiger partial charge in [0.25, 0.3) is 0 Å². The Morgan fingerprint density at radius 1 is 0.463 bits per heavy atom. The first-order valence-corrected chi connectivity index (χ1v) is 32.2. The summed E-state index contributed by atoms with van der Waals surface area (Å²) in [7, 11) is 0. The van der Waals surface area contributed by atoms with Crippen molar-refractivity contribution in [2.24, 2.45) is 0 Å². The number of carbonyl (C=O) groups is 1. The van der Waals surface area contributed by atoms with Gasteiger partial charge in [-0.05, 0) is 64.2 Å². The first-order valence-electron chi connectivity index (χ1n) is 32.2. The van der Waals surface area contributed by atoms with E-state index >= 15 is 0 Å². The molecule has 0 aromatic heterocycles. The maximum atomic E-state index is 13.3. The lowest BCUT2D eigenvalue weighted by molar-refractivity contribution is -0.359. The molecule has 0 aromatic rings. The predicted molar refractivity (Wildman–Crippen MR) is 323 cm³/mol. The van der Waals surface area contributed by atoms with Crippen LogP contribution in [0.5, 0.6) is 0 Å². The molecule has 2 heterocycles. The number of nitrogens with one attached hydrogen (secondary N) is 1. The van der Waals surface area contributed by atoms with Gasteiger partial charge in [-0.1, -0.05) is 247 Å². The highest BCUT2D eigenvalue weighted by Crippen LogP contribution is 2.30. The van der Waals surface area contributed by atoms with Crippen molar-refractivity contribution >= 4 is 5.91 Å². The van der Waals surface area contributed by atoms with Crippen LogP contribution in [-0.2, 0) is 23.7 Å². The summed E-state index contributed by atoms with van der Waals surface area (Å²) in [5, 5.41) is 87.3. The van der Waals surface area contributed by atoms with Gasteiger partial charge >= 0.3 is 0 Å². The Hall–Kier alpha value is -2.57. The van der Waals surface area contributed by atoms with Crippen LogP contribution in [-0.4, -0.2) is 140 Å². The number of ether oxygens (including phenoxy) is 4. The summed E-state index contributed by atoms with van der Waals surface area (Å²) in [6.45, 7) is 2.70. The SMILES string of the molecule is CC/C=C\C/C=C\C/C=C\C/C=C\C/C=C\CCCCCCCCCCCC(=O)NC(COC1OC(CO)C(OC2OC(CO)C(O)C(O)C2O)C(O)C1O)C(O)/C=C/CCCCCCCCCCCCCCCCCCCCC. The van der Waals surface area contributed by atoms with Gasteiger partial charge in [-0.15, -0.1) is 0 Å². The number of unbranched alkanes of at least 4 members (excludes halogenated alkanes) is 28. The molecule has 0 radical (unpaired) electrons. The van der Waals surface area contributed by atoms with Crippen LogP contribution in [0.25, 0.3) is 0 Å². The lowest BCUT2D eigenvalue weighted by atomic mass is 9.97. The number of aliphatic hydroxyl groups excluding tert-OH is 8. The summed E-state index contributed by atoms with van der Waals surface area (Å²) >= 11 is 0. The Kier molecular flexibility index (Phi) is 46.8. The van der Waals surface area contributed by atoms with Gasteiger partial charge in [-0.2, -0.15) is 0 Å². The lowest BCUT2D eigenvalue weighted by Gasteiger charge is -2.46. The summed E-state index contributed by atoms with van der Waals surface area (Å²) in [6, 6.07) is -0.923. The highest BCUT2D eigenvalue weighted by molar-refractivity contribution is 5.76. The number of amides is 1. The molecule has 2 saturated heterocycles. The minimum atomic E-state index is -1.79. The zero-order chi connectivity index (χ0) is 58.1. The van der Waals surface area contributed by atoms with E-state index in [0.717, 1.165) is 77.0 Å². The van der Waals surface area contributed by atoms with Crippen LogP contribution in [0, 0.1) is 0 Å². The summed E-state index contributed by atoms with van der Waals surface area (Å²) in [5.41, 5.74) is 0. The molecule has 0 saturated carbocycles. The lowest BCUT2D eigenvalue weighted by Crippen LogP contribution is -2.65. The monoisotopic (exact) mass is 1130 g/mol. The van der Waals surface area contributed by atoms with Crippen LogP contribution < -0.4 is 5.32 Å². The van der Waals surface area contributed by atoms with Crippen molar-refractivity contribution < 1.29 is 64.6 Å². The molecule has 0 spiro atoms. The third-order valence-corrected chi connectivity index (χ3v) is 15.4. The molecule has 464 valence electrons. The molecule has 14 heteroatoms. The Bertz CT molecular complexity index is 1620. The minimum absolute atomic E-state index is 0.247. The van der Waals surface area contributed by atoms with E-state index in [2.05, 4.69) is 79.9 Å². The van der Waals surface area contributed by atoms with E-state index in [1.807, 2.05) is 6.08 Å². The van der Waals surface area contributed by atoms with Crippen molar-refractivity contribution in [1.82, 2.24) is 5.32 Å². The Morgan fingerprint density at radius 3 is 1.32 bits per heavy atom. The second kappa shape index (κ2) is 50.9. The molecule has 12 atom stereocenters. The third kappa shape index (κ3) is 35.5. The molecule has 2 aliphatic rings. The molecule has 2 rings (SSSR count). The van der Waals surface area contributed by atoms with Crippen molar-refractivity contribution in [2.45, 2.75) is 319 Å². The van der Waals surface area contributed by atoms with E-state index in [9.17, 15) is 45.6 Å². The van der Waals surface area contributed by atoms with Crippen LogP contribution in [0.4, 0.5) is 0 Å². The summed E-state index contributed by atoms with van der Waals surface area (Å²) in [5.74, 6) is -0.247. The van der Waals surface area contributed by atoms with Gasteiger partial charge < -0.3 is 65.1 Å². The average molecular weight is 1130 g/mol. The normalized spacial score (nSPS) is 24.7. The first kappa shape index (κ1) is 73.5. The molecule has 0 bridgehead atoms. The highest BCUT2D eigenvalue weighted by atomic mass is 16.7. The largest absolute Gasteiger partial charge is 0.394 e. The van der Waals surface area contributed by atoms with Gasteiger partial charge in [0.2, 0.25) is 5.91 Å². The van der Waals surface area contributed by atoms with Gasteiger partial charge in [-0.3, -0.25) is 4.79 Å². The Morgan fingerprint density at radius 2 is 0.863 bits per heavy atom. The molecule has 2 fully saturated rings. The molecule has 1 amide bonds. The van der Waals surface area contributed by atoms with Gasteiger partial charge in [-0.25, -0.2) is 0 Å². The van der Waals surface area contributed by atoms with Gasteiger partial charge in [0.15, 0.2) is 12.6 Å². The molecule has 80 heavy (non-hydrogen) atoms. The quantitative estimate of drug-likeness (QED) is 0.0204. The summed E-state index contributed by atoms with van der Waals surface area (Å²) in [4.78, 5) is 13.3. The summed E-state index contributed by atoms with van der Waals surface area (Å²) in [6.07, 6.45) is 50.7. The van der Waals surface area contributed by atoms with Crippen LogP contribution in [0.2, 0.25) is 0 Å². The zero-order valence-corrected chi connectivity index (χ0v) is 50.1. The van der Waals surface area contributed by atoms with E-state index < -0.39 is 86.8 Å². The van der Waals surface area contributed by atoms with Gasteiger partial charge in [0.05, 0.1) is 32.0 Å². The van der Waals surface area contributed by atoms with Crippen LogP contribution in [0.1, 0.15) is 245 Å². The Balaban J connectivity index is 1.74. The third-order valence-electron chi connectivity index (χ3n) is 15.4. The number of carbonyl (C=O) groups excluding carboxylic acids is 1. The van der Waals surface area contributed by atoms with Crippen molar-refractivity contribution in [2.75, 3.05) is 19.8 Å². The van der Waals surface area contributed by atoms with E-state index in [4.69, 9.17) is 18.9 Å². The zero-order valence-electron chi connectivity index (χ0n) is 50.1. The fraction of sp³-hybridized carbons (Fsp3) is 0.803.